The predicted molar refractivity (Wildman–Crippen MR) is 53.0 cm³/mol. The molecular weight excluding hydrogens is 150 g/mol. The van der Waals surface area contributed by atoms with E-state index in [1.54, 1.807) is 18.2 Å². The van der Waals surface area contributed by atoms with Crippen LogP contribution in [0, 0.1) is 0 Å². The Hall–Kier alpha value is -0.860. The molecule has 12 heavy (non-hydrogen) atoms. The van der Waals surface area contributed by atoms with Gasteiger partial charge in [-0.2, -0.15) is 0 Å². The summed E-state index contributed by atoms with van der Waals surface area (Å²) < 4.78 is 0. The van der Waals surface area contributed by atoms with Crippen LogP contribution in [0.15, 0.2) is 37.0 Å². The van der Waals surface area contributed by atoms with E-state index >= 15 is 0 Å². The summed E-state index contributed by atoms with van der Waals surface area (Å²) >= 11 is 0. The Morgan fingerprint density at radius 2 is 2.08 bits per heavy atom. The van der Waals surface area contributed by atoms with Crippen LogP contribution < -0.4 is 5.32 Å². The van der Waals surface area contributed by atoms with Gasteiger partial charge in [0.15, 0.2) is 0 Å². The van der Waals surface area contributed by atoms with Crippen LogP contribution in [-0.2, 0) is 0 Å². The van der Waals surface area contributed by atoms with Gasteiger partial charge in [-0.1, -0.05) is 31.4 Å². The van der Waals surface area contributed by atoms with E-state index in [2.05, 4.69) is 18.5 Å². The molecule has 0 aromatic carbocycles. The van der Waals surface area contributed by atoms with E-state index < -0.39 is 6.10 Å². The molecule has 0 unspecified atom stereocenters. The molecule has 0 aliphatic carbocycles. The highest BCUT2D eigenvalue weighted by Gasteiger charge is 2.13. The van der Waals surface area contributed by atoms with Gasteiger partial charge in [-0.3, -0.25) is 0 Å². The molecule has 0 bridgehead atoms. The number of nitrogens with one attached hydrogen (secondary N) is 1. The largest absolute Gasteiger partial charge is 0.387 e. The summed E-state index contributed by atoms with van der Waals surface area (Å²) in [4.78, 5) is 0. The molecule has 2 N–H and O–H groups in total. The number of likely N-dealkylation sites (N-methyl/N-ethyl adjacent to an activating group) is 1. The molecule has 0 fully saturated rings. The molecule has 2 heteroatoms. The maximum Gasteiger partial charge on any atom is 0.0939 e. The van der Waals surface area contributed by atoms with E-state index in [9.17, 15) is 5.11 Å². The maximum atomic E-state index is 9.66. The summed E-state index contributed by atoms with van der Waals surface area (Å²) in [5.74, 6) is 0. The Bertz CT molecular complexity index is 184. The minimum Gasteiger partial charge on any atom is -0.387 e. The average Bonchev–Trinajstić information content (AvgIpc) is 2.11. The first-order valence-corrected chi connectivity index (χ1v) is 3.97. The van der Waals surface area contributed by atoms with Gasteiger partial charge >= 0.3 is 0 Å². The van der Waals surface area contributed by atoms with Crippen LogP contribution >= 0.6 is 0 Å². The van der Waals surface area contributed by atoms with Crippen LogP contribution in [0.5, 0.6) is 0 Å². The van der Waals surface area contributed by atoms with Crippen molar-refractivity contribution in [2.75, 3.05) is 7.05 Å². The zero-order chi connectivity index (χ0) is 9.56. The Morgan fingerprint density at radius 3 is 2.42 bits per heavy atom. The minimum absolute atomic E-state index is 0.0224. The first-order chi connectivity index (χ1) is 5.67. The Morgan fingerprint density at radius 1 is 1.50 bits per heavy atom. The second kappa shape index (κ2) is 5.75. The molecule has 0 aliphatic heterocycles. The van der Waals surface area contributed by atoms with Crippen LogP contribution in [-0.4, -0.2) is 24.3 Å². The molecule has 0 aromatic rings. The van der Waals surface area contributed by atoms with Gasteiger partial charge in [0.1, 0.15) is 0 Å². The summed E-state index contributed by atoms with van der Waals surface area (Å²) in [6, 6.07) is 0.0224. The van der Waals surface area contributed by atoms with E-state index in [1.165, 1.54) is 0 Å². The van der Waals surface area contributed by atoms with Crippen LogP contribution in [0.1, 0.15) is 6.92 Å². The maximum absolute atomic E-state index is 9.66. The predicted octanol–water partition coefficient (Wildman–Crippen LogP) is 1.25. The molecule has 0 aliphatic rings. The number of hydrogen-bond donors (Lipinski definition) is 2. The zero-order valence-electron chi connectivity index (χ0n) is 7.75. The second-order valence-electron chi connectivity index (χ2n) is 2.63. The molecule has 2 atom stereocenters. The van der Waals surface area contributed by atoms with Crippen molar-refractivity contribution in [3.63, 3.8) is 0 Å². The lowest BCUT2D eigenvalue weighted by atomic mass is 10.0. The summed E-state index contributed by atoms with van der Waals surface area (Å²) in [6.07, 6.45) is 4.51. The lowest BCUT2D eigenvalue weighted by molar-refractivity contribution is 0.176. The summed E-state index contributed by atoms with van der Waals surface area (Å²) in [6.45, 7) is 9.08. The highest BCUT2D eigenvalue weighted by Crippen LogP contribution is 2.07. The molecular formula is C10H17NO. The topological polar surface area (TPSA) is 32.3 Å². The number of hydrogen-bond acceptors (Lipinski definition) is 2. The first-order valence-electron chi connectivity index (χ1n) is 3.97. The van der Waals surface area contributed by atoms with Crippen molar-refractivity contribution in [3.05, 3.63) is 37.0 Å². The van der Waals surface area contributed by atoms with E-state index in [-0.39, 0.29) is 6.04 Å². The van der Waals surface area contributed by atoms with Crippen molar-refractivity contribution in [2.24, 2.45) is 0 Å². The van der Waals surface area contributed by atoms with Crippen molar-refractivity contribution < 1.29 is 5.11 Å². The molecule has 2 nitrogen and oxygen atoms in total. The van der Waals surface area contributed by atoms with Gasteiger partial charge in [-0.15, -0.1) is 0 Å². The van der Waals surface area contributed by atoms with Crippen molar-refractivity contribution in [1.29, 1.82) is 0 Å². The number of rotatable bonds is 5. The van der Waals surface area contributed by atoms with Gasteiger partial charge in [-0.05, 0) is 19.5 Å². The fourth-order valence-electron chi connectivity index (χ4n) is 0.870. The monoisotopic (exact) mass is 167 g/mol. The van der Waals surface area contributed by atoms with Gasteiger partial charge in [0.05, 0.1) is 6.10 Å². The highest BCUT2D eigenvalue weighted by atomic mass is 16.3. The number of allylic oxidation sites excluding steroid dienone is 2. The van der Waals surface area contributed by atoms with Crippen molar-refractivity contribution in [1.82, 2.24) is 5.32 Å². The molecule has 0 aromatic heterocycles. The second-order valence-corrected chi connectivity index (χ2v) is 2.63. The lowest BCUT2D eigenvalue weighted by Crippen LogP contribution is -2.35. The molecule has 0 spiro atoms. The van der Waals surface area contributed by atoms with Gasteiger partial charge < -0.3 is 10.4 Å². The number of aliphatic hydroxyl groups excluding tert-OH is 1. The highest BCUT2D eigenvalue weighted by molar-refractivity contribution is 5.26. The zero-order valence-corrected chi connectivity index (χ0v) is 7.75. The van der Waals surface area contributed by atoms with Crippen molar-refractivity contribution >= 4 is 0 Å². The molecule has 0 saturated heterocycles. The third-order valence-electron chi connectivity index (χ3n) is 1.82. The Kier molecular flexibility index (Phi) is 5.34. The number of aliphatic hydroxyl groups is 1. The van der Waals surface area contributed by atoms with Crippen LogP contribution in [0.2, 0.25) is 0 Å². The minimum atomic E-state index is -0.523. The fraction of sp³-hybridized carbons (Fsp3) is 0.400. The summed E-state index contributed by atoms with van der Waals surface area (Å²) in [5, 5.41) is 12.6. The van der Waals surface area contributed by atoms with E-state index in [4.69, 9.17) is 0 Å². The molecule has 0 saturated carbocycles. The quantitative estimate of drug-likeness (QED) is 0.604. The standard InChI is InChI=1S/C10H17NO/c1-5-7-9(6-2)10(12)8(3)11-4/h5-8,10-12H,1-2H2,3-4H3/b9-7+/t8-,10+/m1/s1. The van der Waals surface area contributed by atoms with Crippen molar-refractivity contribution in [3.8, 4) is 0 Å². The van der Waals surface area contributed by atoms with Crippen LogP contribution in [0.25, 0.3) is 0 Å². The Balaban J connectivity index is 4.40. The van der Waals surface area contributed by atoms with Gasteiger partial charge in [0, 0.05) is 6.04 Å². The summed E-state index contributed by atoms with van der Waals surface area (Å²) in [7, 11) is 1.81. The molecule has 0 amide bonds. The molecule has 0 radical (unpaired) electrons. The van der Waals surface area contributed by atoms with Crippen LogP contribution in [0.3, 0.4) is 0 Å². The average molecular weight is 167 g/mol. The third-order valence-corrected chi connectivity index (χ3v) is 1.82. The lowest BCUT2D eigenvalue weighted by Gasteiger charge is -2.18. The first kappa shape index (κ1) is 11.1. The van der Waals surface area contributed by atoms with E-state index in [0.29, 0.717) is 0 Å². The third kappa shape index (κ3) is 3.03. The van der Waals surface area contributed by atoms with Gasteiger partial charge in [-0.25, -0.2) is 0 Å². The van der Waals surface area contributed by atoms with Gasteiger partial charge in [0.2, 0.25) is 0 Å². The van der Waals surface area contributed by atoms with Gasteiger partial charge in [0.25, 0.3) is 0 Å². The Labute approximate surface area is 74.3 Å². The van der Waals surface area contributed by atoms with Crippen LogP contribution in [0.4, 0.5) is 0 Å². The molecule has 68 valence electrons. The normalized spacial score (nSPS) is 16.8. The molecule has 0 rings (SSSR count). The van der Waals surface area contributed by atoms with Crippen molar-refractivity contribution in [2.45, 2.75) is 19.1 Å². The smallest absolute Gasteiger partial charge is 0.0939 e. The summed E-state index contributed by atoms with van der Waals surface area (Å²) in [5.41, 5.74) is 0.784. The molecule has 0 heterocycles. The van der Waals surface area contributed by atoms with E-state index in [0.717, 1.165) is 5.57 Å². The van der Waals surface area contributed by atoms with E-state index in [1.807, 2.05) is 14.0 Å². The fourth-order valence-corrected chi connectivity index (χ4v) is 0.870. The SMILES string of the molecule is C=C/C=C(\C=C)[C@@H](O)[C@@H](C)NC.